The maximum absolute atomic E-state index is 6.19. The summed E-state index contributed by atoms with van der Waals surface area (Å²) >= 11 is 0. The Morgan fingerprint density at radius 2 is 2.15 bits per heavy atom. The lowest BCUT2D eigenvalue weighted by atomic mass is 10.1. The van der Waals surface area contributed by atoms with Crippen molar-refractivity contribution in [1.29, 1.82) is 0 Å². The number of pyridine rings is 1. The Labute approximate surface area is 154 Å². The maximum atomic E-state index is 6.19. The molecule has 2 unspecified atom stereocenters. The maximum Gasteiger partial charge on any atom is 0.161 e. The van der Waals surface area contributed by atoms with Crippen molar-refractivity contribution in [2.45, 2.75) is 25.0 Å². The quantitative estimate of drug-likeness (QED) is 0.909. The third-order valence-electron chi connectivity index (χ3n) is 4.97. The van der Waals surface area contributed by atoms with Gasteiger partial charge in [0.25, 0.3) is 0 Å². The monoisotopic (exact) mass is 355 g/mol. The second-order valence-electron chi connectivity index (χ2n) is 6.69. The summed E-state index contributed by atoms with van der Waals surface area (Å²) in [4.78, 5) is 6.61. The van der Waals surface area contributed by atoms with Crippen LogP contribution in [0.1, 0.15) is 12.8 Å². The van der Waals surface area contributed by atoms with E-state index in [9.17, 15) is 0 Å². The van der Waals surface area contributed by atoms with Crippen molar-refractivity contribution in [1.82, 2.24) is 10.3 Å². The van der Waals surface area contributed by atoms with Gasteiger partial charge in [-0.25, -0.2) is 0 Å². The molecule has 0 radical (unpaired) electrons. The molecular formula is C20H25N3O3. The van der Waals surface area contributed by atoms with Gasteiger partial charge in [0.05, 0.1) is 19.0 Å². The largest absolute Gasteiger partial charge is 0.493 e. The number of benzene rings is 1. The Morgan fingerprint density at radius 1 is 1.27 bits per heavy atom. The minimum absolute atomic E-state index is 0.0325. The SMILES string of the molecule is COc1cnccc1N1CCCNCC1CC1COc2ccccc2O1. The van der Waals surface area contributed by atoms with Crippen LogP contribution in [0.2, 0.25) is 0 Å². The molecule has 2 aromatic rings. The fourth-order valence-corrected chi connectivity index (χ4v) is 3.71. The molecule has 138 valence electrons. The van der Waals surface area contributed by atoms with E-state index in [0.29, 0.717) is 12.6 Å². The standard InChI is InChI=1S/C20H25N3O3/c1-24-20-13-22-9-7-17(20)23-10-4-8-21-12-15(23)11-16-14-25-18-5-2-3-6-19(18)26-16/h2-3,5-7,9,13,15-16,21H,4,8,10-12,14H2,1H3. The minimum Gasteiger partial charge on any atom is -0.493 e. The van der Waals surface area contributed by atoms with Crippen molar-refractivity contribution >= 4 is 5.69 Å². The predicted octanol–water partition coefficient (Wildman–Crippen LogP) is 2.49. The Balaban J connectivity index is 1.53. The zero-order valence-corrected chi connectivity index (χ0v) is 15.1. The number of ether oxygens (including phenoxy) is 3. The van der Waals surface area contributed by atoms with Crippen molar-refractivity contribution in [2.24, 2.45) is 0 Å². The van der Waals surface area contributed by atoms with Gasteiger partial charge < -0.3 is 24.4 Å². The third-order valence-corrected chi connectivity index (χ3v) is 4.97. The van der Waals surface area contributed by atoms with E-state index in [1.54, 1.807) is 13.3 Å². The second-order valence-corrected chi connectivity index (χ2v) is 6.69. The van der Waals surface area contributed by atoms with Crippen LogP contribution in [0, 0.1) is 0 Å². The van der Waals surface area contributed by atoms with E-state index in [1.165, 1.54) is 0 Å². The second kappa shape index (κ2) is 7.83. The van der Waals surface area contributed by atoms with Crippen molar-refractivity contribution in [3.8, 4) is 17.2 Å². The number of rotatable bonds is 4. The minimum atomic E-state index is 0.0325. The number of para-hydroxylation sites is 2. The van der Waals surface area contributed by atoms with E-state index in [-0.39, 0.29) is 6.10 Å². The molecule has 1 fully saturated rings. The molecule has 2 atom stereocenters. The highest BCUT2D eigenvalue weighted by Gasteiger charge is 2.29. The molecule has 0 spiro atoms. The summed E-state index contributed by atoms with van der Waals surface area (Å²) in [5.41, 5.74) is 1.09. The highest BCUT2D eigenvalue weighted by Crippen LogP contribution is 2.34. The molecule has 6 nitrogen and oxygen atoms in total. The normalized spacial score (nSPS) is 22.6. The van der Waals surface area contributed by atoms with Gasteiger partial charge in [0.15, 0.2) is 17.2 Å². The summed E-state index contributed by atoms with van der Waals surface area (Å²) in [6.07, 6.45) is 5.61. The van der Waals surface area contributed by atoms with Crippen LogP contribution in [0.3, 0.4) is 0 Å². The van der Waals surface area contributed by atoms with E-state index in [2.05, 4.69) is 15.2 Å². The Bertz CT molecular complexity index is 740. The molecule has 4 rings (SSSR count). The van der Waals surface area contributed by atoms with Gasteiger partial charge in [-0.05, 0) is 31.2 Å². The van der Waals surface area contributed by atoms with E-state index < -0.39 is 0 Å². The number of hydrogen-bond donors (Lipinski definition) is 1. The summed E-state index contributed by atoms with van der Waals surface area (Å²) in [6.45, 7) is 3.48. The third kappa shape index (κ3) is 3.55. The zero-order chi connectivity index (χ0) is 17.8. The van der Waals surface area contributed by atoms with Gasteiger partial charge in [-0.15, -0.1) is 0 Å². The highest BCUT2D eigenvalue weighted by molar-refractivity contribution is 5.58. The van der Waals surface area contributed by atoms with Crippen LogP contribution in [0.25, 0.3) is 0 Å². The van der Waals surface area contributed by atoms with Crippen LogP contribution in [0.5, 0.6) is 17.2 Å². The molecule has 0 amide bonds. The molecular weight excluding hydrogens is 330 g/mol. The fraction of sp³-hybridized carbons (Fsp3) is 0.450. The first-order valence-corrected chi connectivity index (χ1v) is 9.19. The summed E-state index contributed by atoms with van der Waals surface area (Å²) in [5, 5.41) is 3.55. The average molecular weight is 355 g/mol. The number of anilines is 1. The van der Waals surface area contributed by atoms with Gasteiger partial charge >= 0.3 is 0 Å². The number of fused-ring (bicyclic) bond motifs is 1. The van der Waals surface area contributed by atoms with Crippen molar-refractivity contribution < 1.29 is 14.2 Å². The predicted molar refractivity (Wildman–Crippen MR) is 100 cm³/mol. The Morgan fingerprint density at radius 3 is 3.04 bits per heavy atom. The van der Waals surface area contributed by atoms with E-state index in [1.807, 2.05) is 36.5 Å². The molecule has 0 aliphatic carbocycles. The van der Waals surface area contributed by atoms with Crippen LogP contribution >= 0.6 is 0 Å². The summed E-state index contributed by atoms with van der Waals surface area (Å²) in [5.74, 6) is 2.47. The van der Waals surface area contributed by atoms with Gasteiger partial charge in [0, 0.05) is 31.7 Å². The molecule has 1 aromatic carbocycles. The number of nitrogens with one attached hydrogen (secondary N) is 1. The molecule has 3 heterocycles. The summed E-state index contributed by atoms with van der Waals surface area (Å²) < 4.78 is 17.6. The summed E-state index contributed by atoms with van der Waals surface area (Å²) in [7, 11) is 1.70. The molecule has 6 heteroatoms. The van der Waals surface area contributed by atoms with E-state index in [4.69, 9.17) is 14.2 Å². The molecule has 26 heavy (non-hydrogen) atoms. The van der Waals surface area contributed by atoms with Crippen molar-refractivity contribution in [2.75, 3.05) is 38.3 Å². The first-order chi connectivity index (χ1) is 12.8. The smallest absolute Gasteiger partial charge is 0.161 e. The first-order valence-electron chi connectivity index (χ1n) is 9.19. The van der Waals surface area contributed by atoms with Gasteiger partial charge in [-0.2, -0.15) is 0 Å². The lowest BCUT2D eigenvalue weighted by molar-refractivity contribution is 0.0794. The van der Waals surface area contributed by atoms with Crippen LogP contribution in [-0.4, -0.2) is 50.5 Å². The summed E-state index contributed by atoms with van der Waals surface area (Å²) in [6, 6.07) is 10.2. The molecule has 1 saturated heterocycles. The Kier molecular flexibility index (Phi) is 5.11. The molecule has 2 aliphatic rings. The van der Waals surface area contributed by atoms with Gasteiger partial charge in [0.1, 0.15) is 12.7 Å². The molecule has 1 N–H and O–H groups in total. The molecule has 0 saturated carbocycles. The van der Waals surface area contributed by atoms with E-state index in [0.717, 1.165) is 55.4 Å². The fourth-order valence-electron chi connectivity index (χ4n) is 3.71. The molecule has 0 bridgehead atoms. The van der Waals surface area contributed by atoms with Crippen molar-refractivity contribution in [3.05, 3.63) is 42.7 Å². The lowest BCUT2D eigenvalue weighted by Gasteiger charge is -2.36. The van der Waals surface area contributed by atoms with E-state index >= 15 is 0 Å². The average Bonchev–Trinajstić information content (AvgIpc) is 2.93. The Hall–Kier alpha value is -2.47. The van der Waals surface area contributed by atoms with Gasteiger partial charge in [0.2, 0.25) is 0 Å². The van der Waals surface area contributed by atoms with Crippen LogP contribution in [-0.2, 0) is 0 Å². The van der Waals surface area contributed by atoms with Crippen molar-refractivity contribution in [3.63, 3.8) is 0 Å². The topological polar surface area (TPSA) is 55.9 Å². The van der Waals surface area contributed by atoms with Gasteiger partial charge in [-0.1, -0.05) is 12.1 Å². The van der Waals surface area contributed by atoms with Crippen LogP contribution in [0.15, 0.2) is 42.7 Å². The highest BCUT2D eigenvalue weighted by atomic mass is 16.6. The van der Waals surface area contributed by atoms with Crippen LogP contribution in [0.4, 0.5) is 5.69 Å². The number of methoxy groups -OCH3 is 1. The van der Waals surface area contributed by atoms with Crippen LogP contribution < -0.4 is 24.4 Å². The lowest BCUT2D eigenvalue weighted by Crippen LogP contribution is -2.45. The van der Waals surface area contributed by atoms with Gasteiger partial charge in [-0.3, -0.25) is 4.98 Å². The number of hydrogen-bond acceptors (Lipinski definition) is 6. The molecule has 2 aliphatic heterocycles. The molecule has 1 aromatic heterocycles. The zero-order valence-electron chi connectivity index (χ0n) is 15.1. The number of nitrogens with zero attached hydrogens (tertiary/aromatic N) is 2. The number of aromatic nitrogens is 1. The first kappa shape index (κ1) is 17.0.